The summed E-state index contributed by atoms with van der Waals surface area (Å²) in [6.07, 6.45) is 1.03. The van der Waals surface area contributed by atoms with E-state index in [4.69, 9.17) is 0 Å². The first kappa shape index (κ1) is 15.7. The molecule has 1 heterocycles. The lowest BCUT2D eigenvalue weighted by Crippen LogP contribution is -2.13. The lowest BCUT2D eigenvalue weighted by atomic mass is 9.94. The van der Waals surface area contributed by atoms with Gasteiger partial charge in [0, 0.05) is 23.8 Å². The predicted molar refractivity (Wildman–Crippen MR) is 84.9 cm³/mol. The third kappa shape index (κ3) is 3.00. The van der Waals surface area contributed by atoms with E-state index in [-0.39, 0.29) is 11.9 Å². The summed E-state index contributed by atoms with van der Waals surface area (Å²) in [6.45, 7) is 9.15. The fourth-order valence-electron chi connectivity index (χ4n) is 2.79. The summed E-state index contributed by atoms with van der Waals surface area (Å²) in [5.41, 5.74) is 5.15. The molecule has 0 spiro atoms. The second-order valence-corrected chi connectivity index (χ2v) is 5.51. The largest absolute Gasteiger partial charge is 0.313 e. The molecule has 0 aliphatic carbocycles. The molecule has 0 saturated heterocycles. The molecule has 2 rings (SSSR count). The number of benzene rings is 1. The van der Waals surface area contributed by atoms with E-state index in [1.165, 1.54) is 6.07 Å². The highest BCUT2D eigenvalue weighted by Gasteiger charge is 2.19. The minimum Gasteiger partial charge on any atom is -0.313 e. The maximum atomic E-state index is 13.8. The zero-order chi connectivity index (χ0) is 15.6. The van der Waals surface area contributed by atoms with Crippen molar-refractivity contribution >= 4 is 0 Å². The van der Waals surface area contributed by atoms with Crippen LogP contribution in [0.5, 0.6) is 0 Å². The van der Waals surface area contributed by atoms with Crippen molar-refractivity contribution in [2.24, 2.45) is 0 Å². The van der Waals surface area contributed by atoms with E-state index in [9.17, 15) is 4.39 Å². The molecule has 0 fully saturated rings. The van der Waals surface area contributed by atoms with E-state index in [1.807, 2.05) is 24.7 Å². The van der Waals surface area contributed by atoms with Crippen molar-refractivity contribution in [3.8, 4) is 11.1 Å². The minimum absolute atomic E-state index is 0.161. The number of rotatable bonds is 5. The quantitative estimate of drug-likeness (QED) is 0.901. The van der Waals surface area contributed by atoms with Crippen molar-refractivity contribution in [1.82, 2.24) is 15.1 Å². The fourth-order valence-corrected chi connectivity index (χ4v) is 2.79. The maximum Gasteiger partial charge on any atom is 0.123 e. The number of nitrogens with one attached hydrogen (secondary N) is 1. The Bertz CT molecular complexity index is 631. The highest BCUT2D eigenvalue weighted by molar-refractivity contribution is 5.72. The maximum absolute atomic E-state index is 13.8. The lowest BCUT2D eigenvalue weighted by molar-refractivity contribution is 0.583. The van der Waals surface area contributed by atoms with Gasteiger partial charge >= 0.3 is 0 Å². The molecule has 2 aromatic rings. The number of hydrogen-bond donors (Lipinski definition) is 1. The first-order valence-electron chi connectivity index (χ1n) is 7.50. The number of aromatic nitrogens is 2. The van der Waals surface area contributed by atoms with E-state index in [0.29, 0.717) is 0 Å². The zero-order valence-corrected chi connectivity index (χ0v) is 13.5. The first-order valence-corrected chi connectivity index (χ1v) is 7.50. The Morgan fingerprint density at radius 1 is 1.33 bits per heavy atom. The van der Waals surface area contributed by atoms with Gasteiger partial charge in [-0.05, 0) is 57.5 Å². The van der Waals surface area contributed by atoms with Crippen LogP contribution in [-0.2, 0) is 6.54 Å². The van der Waals surface area contributed by atoms with E-state index >= 15 is 0 Å². The molecule has 21 heavy (non-hydrogen) atoms. The number of hydrogen-bond acceptors (Lipinski definition) is 2. The molecule has 1 aromatic heterocycles. The highest BCUT2D eigenvalue weighted by Crippen LogP contribution is 2.33. The molecule has 3 nitrogen and oxygen atoms in total. The Kier molecular flexibility index (Phi) is 4.78. The molecule has 4 heteroatoms. The molecular weight excluding hydrogens is 265 g/mol. The topological polar surface area (TPSA) is 29.9 Å². The number of halogens is 1. The van der Waals surface area contributed by atoms with Crippen LogP contribution in [-0.4, -0.2) is 16.8 Å². The van der Waals surface area contributed by atoms with E-state index in [1.54, 1.807) is 6.07 Å². The Morgan fingerprint density at radius 3 is 2.67 bits per heavy atom. The van der Waals surface area contributed by atoms with Gasteiger partial charge in [-0.1, -0.05) is 13.0 Å². The fraction of sp³-hybridized carbons (Fsp3) is 0.471. The van der Waals surface area contributed by atoms with Crippen LogP contribution in [0.15, 0.2) is 18.2 Å². The van der Waals surface area contributed by atoms with Crippen molar-refractivity contribution in [2.45, 2.75) is 46.7 Å². The third-order valence-corrected chi connectivity index (χ3v) is 4.00. The van der Waals surface area contributed by atoms with Crippen molar-refractivity contribution in [1.29, 1.82) is 0 Å². The highest BCUT2D eigenvalue weighted by atomic mass is 19.1. The summed E-state index contributed by atoms with van der Waals surface area (Å²) in [7, 11) is 1.91. The molecule has 1 unspecified atom stereocenters. The number of aryl methyl sites for hydroxylation is 2. The van der Waals surface area contributed by atoms with Crippen LogP contribution in [0, 0.1) is 19.7 Å². The van der Waals surface area contributed by atoms with Crippen LogP contribution in [0.2, 0.25) is 0 Å². The molecule has 0 bridgehead atoms. The van der Waals surface area contributed by atoms with E-state index in [0.717, 1.165) is 41.0 Å². The summed E-state index contributed by atoms with van der Waals surface area (Å²) in [6, 6.07) is 5.17. The molecule has 0 amide bonds. The Morgan fingerprint density at radius 2 is 2.05 bits per heavy atom. The smallest absolute Gasteiger partial charge is 0.123 e. The molecule has 0 aliphatic rings. The lowest BCUT2D eigenvalue weighted by Gasteiger charge is -2.16. The van der Waals surface area contributed by atoms with Gasteiger partial charge in [0.2, 0.25) is 0 Å². The molecule has 114 valence electrons. The minimum atomic E-state index is -0.209. The monoisotopic (exact) mass is 289 g/mol. The summed E-state index contributed by atoms with van der Waals surface area (Å²) in [4.78, 5) is 0. The van der Waals surface area contributed by atoms with Gasteiger partial charge in [0.05, 0.1) is 5.69 Å². The Balaban J connectivity index is 2.63. The second-order valence-electron chi connectivity index (χ2n) is 5.51. The first-order chi connectivity index (χ1) is 9.99. The molecule has 0 radical (unpaired) electrons. The SMILES string of the molecule is CCCn1nc(C)c(-c2cc(F)ccc2C(C)NC)c1C. The van der Waals surface area contributed by atoms with E-state index in [2.05, 4.69) is 31.2 Å². The molecular formula is C17H24FN3. The van der Waals surface area contributed by atoms with Gasteiger partial charge in [-0.3, -0.25) is 4.68 Å². The Labute approximate surface area is 126 Å². The van der Waals surface area contributed by atoms with Crippen LogP contribution in [0.25, 0.3) is 11.1 Å². The van der Waals surface area contributed by atoms with E-state index < -0.39 is 0 Å². The van der Waals surface area contributed by atoms with Crippen LogP contribution in [0.3, 0.4) is 0 Å². The van der Waals surface area contributed by atoms with Crippen LogP contribution in [0.4, 0.5) is 4.39 Å². The van der Waals surface area contributed by atoms with Crippen LogP contribution < -0.4 is 5.32 Å². The van der Waals surface area contributed by atoms with Gasteiger partial charge in [0.1, 0.15) is 5.82 Å². The standard InChI is InChI=1S/C17H24FN3/c1-6-9-21-13(4)17(12(3)20-21)16-10-14(18)7-8-15(16)11(2)19-5/h7-8,10-11,19H,6,9H2,1-5H3. The van der Waals surface area contributed by atoms with Gasteiger partial charge in [0.25, 0.3) is 0 Å². The second kappa shape index (κ2) is 6.39. The summed E-state index contributed by atoms with van der Waals surface area (Å²) < 4.78 is 15.8. The van der Waals surface area contributed by atoms with Gasteiger partial charge in [-0.15, -0.1) is 0 Å². The average Bonchev–Trinajstić information content (AvgIpc) is 2.73. The zero-order valence-electron chi connectivity index (χ0n) is 13.5. The van der Waals surface area contributed by atoms with Crippen molar-refractivity contribution in [3.63, 3.8) is 0 Å². The Hall–Kier alpha value is -1.68. The molecule has 1 aromatic carbocycles. The molecule has 0 saturated carbocycles. The summed E-state index contributed by atoms with van der Waals surface area (Å²) >= 11 is 0. The molecule has 0 aliphatic heterocycles. The van der Waals surface area contributed by atoms with Crippen molar-refractivity contribution < 1.29 is 4.39 Å². The van der Waals surface area contributed by atoms with Crippen LogP contribution in [0.1, 0.15) is 43.3 Å². The summed E-state index contributed by atoms with van der Waals surface area (Å²) in [5, 5.41) is 7.84. The normalized spacial score (nSPS) is 12.7. The van der Waals surface area contributed by atoms with Crippen LogP contribution >= 0.6 is 0 Å². The van der Waals surface area contributed by atoms with Gasteiger partial charge in [-0.25, -0.2) is 4.39 Å². The van der Waals surface area contributed by atoms with Gasteiger partial charge in [0.15, 0.2) is 0 Å². The van der Waals surface area contributed by atoms with Crippen molar-refractivity contribution in [3.05, 3.63) is 41.0 Å². The summed E-state index contributed by atoms with van der Waals surface area (Å²) in [5.74, 6) is -0.209. The van der Waals surface area contributed by atoms with Gasteiger partial charge in [-0.2, -0.15) is 5.10 Å². The average molecular weight is 289 g/mol. The third-order valence-electron chi connectivity index (χ3n) is 4.00. The molecule has 1 atom stereocenters. The molecule has 1 N–H and O–H groups in total. The van der Waals surface area contributed by atoms with Gasteiger partial charge < -0.3 is 5.32 Å². The van der Waals surface area contributed by atoms with Crippen molar-refractivity contribution in [2.75, 3.05) is 7.05 Å². The predicted octanol–water partition coefficient (Wildman–Crippen LogP) is 4.00. The number of nitrogens with zero attached hydrogens (tertiary/aromatic N) is 2.